The molecule has 2 bridgehead atoms. The van der Waals surface area contributed by atoms with Gasteiger partial charge in [0, 0.05) is 12.5 Å². The number of nitrogens with two attached hydrogens (primary N) is 1. The highest BCUT2D eigenvalue weighted by Crippen LogP contribution is 2.31. The van der Waals surface area contributed by atoms with Crippen LogP contribution in [0.4, 0.5) is 4.79 Å². The van der Waals surface area contributed by atoms with Gasteiger partial charge in [-0.1, -0.05) is 43.3 Å². The average Bonchev–Trinajstić information content (AvgIpc) is 3.18. The van der Waals surface area contributed by atoms with E-state index in [1.54, 1.807) is 55.5 Å². The van der Waals surface area contributed by atoms with Crippen molar-refractivity contribution in [1.29, 1.82) is 0 Å². The van der Waals surface area contributed by atoms with E-state index in [9.17, 15) is 27.6 Å². The number of amides is 3. The second-order valence-electron chi connectivity index (χ2n) is 9.43. The van der Waals surface area contributed by atoms with Crippen LogP contribution in [0, 0.1) is 5.92 Å². The molecule has 2 N–H and O–H groups in total. The van der Waals surface area contributed by atoms with E-state index >= 15 is 0 Å². The normalized spacial score (nSPS) is 20.1. The number of rotatable bonds is 12. The van der Waals surface area contributed by atoms with Crippen molar-refractivity contribution < 1.29 is 45.5 Å². The van der Waals surface area contributed by atoms with Crippen LogP contribution in [-0.4, -0.2) is 80.2 Å². The number of hydrogen-bond donors (Lipinski definition) is 1. The number of fused-ring (bicyclic) bond motifs is 2. The van der Waals surface area contributed by atoms with Crippen LogP contribution >= 0.6 is 0 Å². The molecule has 40 heavy (non-hydrogen) atoms. The number of hydroxylamine groups is 2. The molecule has 0 spiro atoms. The summed E-state index contributed by atoms with van der Waals surface area (Å²) in [5.74, 6) is -2.76. The van der Waals surface area contributed by atoms with E-state index in [0.717, 1.165) is 4.90 Å². The number of hydrogen-bond acceptors (Lipinski definition) is 10. The van der Waals surface area contributed by atoms with Crippen molar-refractivity contribution in [2.75, 3.05) is 19.8 Å². The Labute approximate surface area is 231 Å². The van der Waals surface area contributed by atoms with Gasteiger partial charge < -0.3 is 20.1 Å². The predicted octanol–water partition coefficient (Wildman–Crippen LogP) is 1.65. The fraction of sp³-hybridized carbons (Fsp3) is 0.385. The third-order valence-electron chi connectivity index (χ3n) is 6.59. The van der Waals surface area contributed by atoms with Crippen molar-refractivity contribution in [3.05, 3.63) is 71.8 Å². The zero-order valence-electron chi connectivity index (χ0n) is 21.6. The van der Waals surface area contributed by atoms with Gasteiger partial charge >= 0.3 is 28.4 Å². The van der Waals surface area contributed by atoms with Crippen LogP contribution in [0.25, 0.3) is 0 Å². The number of piperidine rings is 1. The maximum Gasteiger partial charge on any atom is 0.421 e. The summed E-state index contributed by atoms with van der Waals surface area (Å²) < 4.78 is 46.2. The molecule has 0 aliphatic carbocycles. The van der Waals surface area contributed by atoms with Crippen LogP contribution in [0.5, 0.6) is 0 Å². The monoisotopic (exact) mass is 575 g/mol. The van der Waals surface area contributed by atoms with Crippen molar-refractivity contribution in [2.45, 2.75) is 38.0 Å². The SMILES string of the molecule is CC(COC(=O)c1ccccc1)C(COS(=O)(=O)ON1C(=O)N2C[C@H]1CC[C@H]2C(N)=O)OC(=O)c1ccccc1. The molecule has 2 aromatic carbocycles. The van der Waals surface area contributed by atoms with Gasteiger partial charge in [-0.05, 0) is 37.1 Å². The largest absolute Gasteiger partial charge is 0.462 e. The van der Waals surface area contributed by atoms with Gasteiger partial charge in [-0.2, -0.15) is 13.5 Å². The third kappa shape index (κ3) is 6.94. The number of carbonyl (C=O) groups excluding carboxylic acids is 4. The zero-order chi connectivity index (χ0) is 28.9. The van der Waals surface area contributed by atoms with Crippen molar-refractivity contribution in [3.63, 3.8) is 0 Å². The zero-order valence-corrected chi connectivity index (χ0v) is 22.4. The van der Waals surface area contributed by atoms with Gasteiger partial charge in [0.15, 0.2) is 0 Å². The first kappa shape index (κ1) is 29.0. The van der Waals surface area contributed by atoms with Gasteiger partial charge in [-0.25, -0.2) is 18.6 Å². The first-order valence-electron chi connectivity index (χ1n) is 12.5. The molecule has 2 heterocycles. The molecule has 13 nitrogen and oxygen atoms in total. The number of ether oxygens (including phenoxy) is 2. The molecule has 2 unspecified atom stereocenters. The van der Waals surface area contributed by atoms with Gasteiger partial charge in [0.2, 0.25) is 5.91 Å². The highest BCUT2D eigenvalue weighted by Gasteiger charge is 2.49. The van der Waals surface area contributed by atoms with Gasteiger partial charge in [-0.3, -0.25) is 4.79 Å². The van der Waals surface area contributed by atoms with E-state index in [-0.39, 0.29) is 25.1 Å². The lowest BCUT2D eigenvalue weighted by Gasteiger charge is -2.27. The average molecular weight is 576 g/mol. The smallest absolute Gasteiger partial charge is 0.421 e. The lowest BCUT2D eigenvalue weighted by Crippen LogP contribution is -2.47. The first-order valence-corrected chi connectivity index (χ1v) is 13.9. The Morgan fingerprint density at radius 1 is 0.950 bits per heavy atom. The molecule has 0 aromatic heterocycles. The maximum atomic E-state index is 12.7. The molecule has 14 heteroatoms. The number of nitrogens with zero attached hydrogens (tertiary/aromatic N) is 2. The number of carbonyl (C=O) groups is 4. The van der Waals surface area contributed by atoms with Crippen LogP contribution in [-0.2, 0) is 33.1 Å². The van der Waals surface area contributed by atoms with E-state index in [1.165, 1.54) is 12.1 Å². The minimum Gasteiger partial charge on any atom is -0.462 e. The van der Waals surface area contributed by atoms with Gasteiger partial charge in [0.25, 0.3) is 0 Å². The van der Waals surface area contributed by atoms with E-state index in [1.807, 2.05) is 0 Å². The summed E-state index contributed by atoms with van der Waals surface area (Å²) in [6.45, 7) is 0.748. The van der Waals surface area contributed by atoms with Crippen molar-refractivity contribution >= 4 is 34.3 Å². The second kappa shape index (κ2) is 12.4. The molecule has 4 rings (SSSR count). The summed E-state index contributed by atoms with van der Waals surface area (Å²) in [5, 5.41) is 0.647. The Bertz CT molecular complexity index is 1340. The Morgan fingerprint density at radius 2 is 1.55 bits per heavy atom. The summed E-state index contributed by atoms with van der Waals surface area (Å²) in [6.07, 6.45) is -0.624. The van der Waals surface area contributed by atoms with Crippen LogP contribution in [0.15, 0.2) is 60.7 Å². The molecule has 4 atom stereocenters. The van der Waals surface area contributed by atoms with Gasteiger partial charge in [0.1, 0.15) is 18.8 Å². The van der Waals surface area contributed by atoms with E-state index < -0.39 is 65.0 Å². The number of benzene rings is 2. The lowest BCUT2D eigenvalue weighted by molar-refractivity contribution is -0.122. The van der Waals surface area contributed by atoms with Crippen LogP contribution < -0.4 is 5.73 Å². The number of esters is 2. The highest BCUT2D eigenvalue weighted by molar-refractivity contribution is 7.81. The number of primary amides is 1. The summed E-state index contributed by atoms with van der Waals surface area (Å²) in [7, 11) is -4.81. The fourth-order valence-electron chi connectivity index (χ4n) is 4.36. The van der Waals surface area contributed by atoms with Crippen molar-refractivity contribution in [1.82, 2.24) is 9.96 Å². The molecule has 2 saturated heterocycles. The molecule has 2 fully saturated rings. The standard InChI is InChI=1S/C26H29N3O10S/c1-17(15-36-24(31)18-8-4-2-5-9-18)22(38-25(32)19-10-6-3-7-11-19)16-37-40(34,35)39-29-20-12-13-21(23(27)30)28(14-20)26(29)33/h2-11,17,20-22H,12-16H2,1H3,(H2,27,30)/t17?,20-,21+,22?/m1/s1. The van der Waals surface area contributed by atoms with Crippen molar-refractivity contribution in [2.24, 2.45) is 11.7 Å². The molecule has 3 amide bonds. The maximum absolute atomic E-state index is 12.7. The Morgan fingerprint density at radius 3 is 2.15 bits per heavy atom. The highest BCUT2D eigenvalue weighted by atomic mass is 32.3. The van der Waals surface area contributed by atoms with Crippen LogP contribution in [0.1, 0.15) is 40.5 Å². The topological polar surface area (TPSA) is 172 Å². The molecule has 214 valence electrons. The Balaban J connectivity index is 1.41. The summed E-state index contributed by atoms with van der Waals surface area (Å²) in [5.41, 5.74) is 5.88. The summed E-state index contributed by atoms with van der Waals surface area (Å²) in [6, 6.07) is 13.9. The fourth-order valence-corrected chi connectivity index (χ4v) is 5.09. The summed E-state index contributed by atoms with van der Waals surface area (Å²) >= 11 is 0. The molecule has 0 saturated carbocycles. The quantitative estimate of drug-likeness (QED) is 0.367. The molecular weight excluding hydrogens is 546 g/mol. The molecule has 2 aromatic rings. The number of urea groups is 1. The first-order chi connectivity index (χ1) is 19.1. The third-order valence-corrected chi connectivity index (χ3v) is 7.36. The Kier molecular flexibility index (Phi) is 9.02. The molecule has 0 radical (unpaired) electrons. The molecule has 2 aliphatic rings. The molecule has 2 aliphatic heterocycles. The Hall–Kier alpha value is -4.01. The predicted molar refractivity (Wildman–Crippen MR) is 137 cm³/mol. The van der Waals surface area contributed by atoms with Crippen molar-refractivity contribution in [3.8, 4) is 0 Å². The van der Waals surface area contributed by atoms with E-state index in [2.05, 4.69) is 0 Å². The minimum atomic E-state index is -4.81. The van der Waals surface area contributed by atoms with E-state index in [4.69, 9.17) is 23.7 Å². The summed E-state index contributed by atoms with van der Waals surface area (Å²) in [4.78, 5) is 50.5. The molecular formula is C26H29N3O10S. The lowest BCUT2D eigenvalue weighted by atomic mass is 10.0. The van der Waals surface area contributed by atoms with Crippen LogP contribution in [0.3, 0.4) is 0 Å². The minimum absolute atomic E-state index is 0.0725. The van der Waals surface area contributed by atoms with Gasteiger partial charge in [0.05, 0.1) is 23.8 Å². The van der Waals surface area contributed by atoms with Gasteiger partial charge in [-0.15, -0.1) is 4.28 Å². The second-order valence-corrected chi connectivity index (χ2v) is 10.6. The van der Waals surface area contributed by atoms with E-state index in [0.29, 0.717) is 17.0 Å². The van der Waals surface area contributed by atoms with Crippen LogP contribution in [0.2, 0.25) is 0 Å².